The lowest BCUT2D eigenvalue weighted by Gasteiger charge is -2.42. The molecule has 4 heterocycles. The molecule has 0 radical (unpaired) electrons. The van der Waals surface area contributed by atoms with Crippen LogP contribution in [0.1, 0.15) is 61.6 Å². The van der Waals surface area contributed by atoms with E-state index < -0.39 is 29.5 Å². The molecule has 48 heavy (non-hydrogen) atoms. The molecule has 2 aromatic carbocycles. The zero-order valence-corrected chi connectivity index (χ0v) is 27.7. The zero-order valence-electron chi connectivity index (χ0n) is 26.9. The first-order valence-corrected chi connectivity index (χ1v) is 17.2. The molecule has 0 aliphatic carbocycles. The number of fused-ring (bicyclic) bond motifs is 1. The molecule has 0 bridgehead atoms. The van der Waals surface area contributed by atoms with E-state index in [4.69, 9.17) is 17.3 Å². The van der Waals surface area contributed by atoms with Crippen LogP contribution < -0.4 is 16.4 Å². The maximum Gasteiger partial charge on any atom is 0.418 e. The number of benzene rings is 2. The number of halogens is 4. The average molecular weight is 690 g/mol. The summed E-state index contributed by atoms with van der Waals surface area (Å²) >= 11 is 6.12. The third-order valence-corrected chi connectivity index (χ3v) is 10.6. The highest BCUT2D eigenvalue weighted by molar-refractivity contribution is 6.33. The van der Waals surface area contributed by atoms with Crippen LogP contribution in [0.2, 0.25) is 5.02 Å². The Morgan fingerprint density at radius 1 is 0.938 bits per heavy atom. The maximum absolute atomic E-state index is 14.0. The quantitative estimate of drug-likeness (QED) is 0.344. The largest absolute Gasteiger partial charge is 0.418 e. The molecule has 4 N–H and O–H groups in total. The Morgan fingerprint density at radius 3 is 2.27 bits per heavy atom. The van der Waals surface area contributed by atoms with Gasteiger partial charge in [-0.1, -0.05) is 36.2 Å². The molecule has 10 nitrogen and oxygen atoms in total. The van der Waals surface area contributed by atoms with Crippen LogP contribution in [0.5, 0.6) is 0 Å². The summed E-state index contributed by atoms with van der Waals surface area (Å²) < 4.78 is 41.3. The number of urea groups is 2. The van der Waals surface area contributed by atoms with Crippen molar-refractivity contribution in [3.63, 3.8) is 0 Å². The van der Waals surface area contributed by atoms with E-state index in [1.54, 1.807) is 14.7 Å². The molecule has 3 fully saturated rings. The fourth-order valence-electron chi connectivity index (χ4n) is 7.56. The number of hydrogen-bond donors (Lipinski definition) is 3. The van der Waals surface area contributed by atoms with Gasteiger partial charge in [-0.2, -0.15) is 13.2 Å². The number of amides is 5. The Hall–Kier alpha value is -3.71. The van der Waals surface area contributed by atoms with Crippen molar-refractivity contribution in [2.24, 2.45) is 0 Å². The maximum atomic E-state index is 14.0. The molecule has 0 saturated carbocycles. The number of anilines is 2. The number of rotatable bonds is 6. The summed E-state index contributed by atoms with van der Waals surface area (Å²) in [6.45, 7) is 4.33. The lowest BCUT2D eigenvalue weighted by atomic mass is 9.97. The van der Waals surface area contributed by atoms with Gasteiger partial charge in [0.25, 0.3) is 0 Å². The lowest BCUT2D eigenvalue weighted by Crippen LogP contribution is -2.57. The topological polar surface area (TPSA) is 114 Å². The minimum atomic E-state index is -4.74. The van der Waals surface area contributed by atoms with E-state index in [9.17, 15) is 27.6 Å². The fraction of sp³-hybridized carbons (Fsp3) is 0.559. The highest BCUT2D eigenvalue weighted by atomic mass is 35.5. The summed E-state index contributed by atoms with van der Waals surface area (Å²) in [7, 11) is 0. The van der Waals surface area contributed by atoms with Crippen LogP contribution in [0.25, 0.3) is 0 Å². The van der Waals surface area contributed by atoms with E-state index in [1.807, 2.05) is 24.3 Å². The molecule has 4 aliphatic rings. The predicted molar refractivity (Wildman–Crippen MR) is 178 cm³/mol. The van der Waals surface area contributed by atoms with E-state index in [0.29, 0.717) is 51.6 Å². The molecule has 5 amide bonds. The summed E-state index contributed by atoms with van der Waals surface area (Å²) in [5.41, 5.74) is 5.98. The second-order valence-electron chi connectivity index (χ2n) is 13.3. The molecule has 0 spiro atoms. The van der Waals surface area contributed by atoms with Crippen molar-refractivity contribution >= 4 is 40.9 Å². The molecular weight excluding hydrogens is 647 g/mol. The summed E-state index contributed by atoms with van der Waals surface area (Å²) in [5.74, 6) is -0.333. The molecule has 3 saturated heterocycles. The van der Waals surface area contributed by atoms with Crippen LogP contribution in [0, 0.1) is 0 Å². The molecular formula is C34H43ClF3N7O3. The molecule has 4 aliphatic heterocycles. The van der Waals surface area contributed by atoms with E-state index in [-0.39, 0.29) is 35.0 Å². The summed E-state index contributed by atoms with van der Waals surface area (Å²) in [4.78, 5) is 48.1. The summed E-state index contributed by atoms with van der Waals surface area (Å²) in [6, 6.07) is 8.45. The van der Waals surface area contributed by atoms with Crippen LogP contribution in [-0.2, 0) is 23.9 Å². The smallest absolute Gasteiger partial charge is 0.397 e. The van der Waals surface area contributed by atoms with E-state index in [1.165, 1.54) is 25.3 Å². The van der Waals surface area contributed by atoms with E-state index >= 15 is 0 Å². The zero-order chi connectivity index (χ0) is 34.0. The fourth-order valence-corrected chi connectivity index (χ4v) is 7.80. The monoisotopic (exact) mass is 689 g/mol. The number of carbonyl (C=O) groups is 3. The second-order valence-corrected chi connectivity index (χ2v) is 13.7. The van der Waals surface area contributed by atoms with Crippen molar-refractivity contribution < 1.29 is 27.6 Å². The summed E-state index contributed by atoms with van der Waals surface area (Å²) in [5, 5.41) is 5.53. The molecule has 1 unspecified atom stereocenters. The van der Waals surface area contributed by atoms with Gasteiger partial charge in [-0.05, 0) is 80.9 Å². The first kappa shape index (κ1) is 34.2. The van der Waals surface area contributed by atoms with Gasteiger partial charge in [0.2, 0.25) is 5.91 Å². The van der Waals surface area contributed by atoms with Gasteiger partial charge < -0.3 is 36.0 Å². The van der Waals surface area contributed by atoms with Gasteiger partial charge >= 0.3 is 18.2 Å². The Labute approximate surface area is 283 Å². The normalized spacial score (nSPS) is 20.7. The van der Waals surface area contributed by atoms with Crippen molar-refractivity contribution in [3.05, 3.63) is 58.1 Å². The molecule has 6 rings (SSSR count). The van der Waals surface area contributed by atoms with Crippen molar-refractivity contribution in [2.75, 3.05) is 50.3 Å². The standard InChI is InChI=1S/C34H43ClF3N7O3/c35-27-19-22(18-26(30(27)39)34(36,37)38)20-29(31(46)43-14-8-24(9-15-43)42-12-4-1-5-13-42)41-32(47)44-16-10-25(11-17-44)45-21-23-6-2-3-7-28(23)40-33(45)48/h2-3,6-7,18-19,24-25,29H,1,4-5,8-17,20-21,39H2,(H,40,48)(H,41,47). The molecule has 14 heteroatoms. The Balaban J connectivity index is 1.13. The van der Waals surface area contributed by atoms with Gasteiger partial charge in [0.15, 0.2) is 0 Å². The second kappa shape index (κ2) is 14.4. The van der Waals surface area contributed by atoms with Crippen LogP contribution >= 0.6 is 11.6 Å². The van der Waals surface area contributed by atoms with Gasteiger partial charge in [0.1, 0.15) is 6.04 Å². The third-order valence-electron chi connectivity index (χ3n) is 10.3. The first-order valence-electron chi connectivity index (χ1n) is 16.9. The molecule has 260 valence electrons. The number of piperidine rings is 3. The number of likely N-dealkylation sites (tertiary alicyclic amines) is 3. The number of nitrogen functional groups attached to an aromatic ring is 1. The van der Waals surface area contributed by atoms with Crippen LogP contribution in [0.4, 0.5) is 34.1 Å². The van der Waals surface area contributed by atoms with Gasteiger partial charge in [0, 0.05) is 56.9 Å². The van der Waals surface area contributed by atoms with Crippen LogP contribution in [0.3, 0.4) is 0 Å². The number of carbonyl (C=O) groups excluding carboxylic acids is 3. The average Bonchev–Trinajstić information content (AvgIpc) is 3.09. The van der Waals surface area contributed by atoms with Crippen molar-refractivity contribution in [2.45, 2.75) is 82.2 Å². The van der Waals surface area contributed by atoms with Gasteiger partial charge in [-0.15, -0.1) is 0 Å². The van der Waals surface area contributed by atoms with Crippen LogP contribution in [-0.4, -0.2) is 95.0 Å². The summed E-state index contributed by atoms with van der Waals surface area (Å²) in [6.07, 6.45) is 1.38. The highest BCUT2D eigenvalue weighted by Crippen LogP contribution is 2.38. The van der Waals surface area contributed by atoms with Crippen LogP contribution in [0.15, 0.2) is 36.4 Å². The minimum Gasteiger partial charge on any atom is -0.397 e. The SMILES string of the molecule is Nc1c(Cl)cc(CC(NC(=O)N2CCC(N3Cc4ccccc4NC3=O)CC2)C(=O)N2CCC(N3CCCCC3)CC2)cc1C(F)(F)F. The Bertz CT molecular complexity index is 1500. The number of nitrogens with two attached hydrogens (primary N) is 1. The number of nitrogens with zero attached hydrogens (tertiary/aromatic N) is 4. The number of nitrogens with one attached hydrogen (secondary N) is 2. The van der Waals surface area contributed by atoms with E-state index in [0.717, 1.165) is 43.2 Å². The molecule has 0 aromatic heterocycles. The number of alkyl halides is 3. The number of hydrogen-bond acceptors (Lipinski definition) is 5. The Morgan fingerprint density at radius 2 is 1.58 bits per heavy atom. The van der Waals surface area contributed by atoms with Gasteiger partial charge in [-0.3, -0.25) is 4.79 Å². The van der Waals surface area contributed by atoms with Crippen molar-refractivity contribution in [1.82, 2.24) is 24.9 Å². The van der Waals surface area contributed by atoms with E-state index in [2.05, 4.69) is 15.5 Å². The minimum absolute atomic E-state index is 0.0706. The lowest BCUT2D eigenvalue weighted by molar-refractivity contribution is -0.137. The molecule has 2 aromatic rings. The first-order chi connectivity index (χ1) is 23.0. The predicted octanol–water partition coefficient (Wildman–Crippen LogP) is 5.55. The van der Waals surface area contributed by atoms with Gasteiger partial charge in [-0.25, -0.2) is 9.59 Å². The van der Waals surface area contributed by atoms with Crippen molar-refractivity contribution in [1.29, 1.82) is 0 Å². The van der Waals surface area contributed by atoms with Gasteiger partial charge in [0.05, 0.1) is 16.3 Å². The number of para-hydroxylation sites is 1. The third kappa shape index (κ3) is 7.62. The highest BCUT2D eigenvalue weighted by Gasteiger charge is 2.37. The Kier molecular flexibility index (Phi) is 10.3. The van der Waals surface area contributed by atoms with Crippen molar-refractivity contribution in [3.8, 4) is 0 Å². The molecule has 1 atom stereocenters.